The summed E-state index contributed by atoms with van der Waals surface area (Å²) in [6.45, 7) is 1.62. The Morgan fingerprint density at radius 3 is 2.80 bits per heavy atom. The van der Waals surface area contributed by atoms with Crippen molar-refractivity contribution in [1.29, 1.82) is 0 Å². The zero-order chi connectivity index (χ0) is 14.5. The maximum absolute atomic E-state index is 12.2. The molecule has 0 spiro atoms. The maximum atomic E-state index is 12.2. The number of ether oxygens (including phenoxy) is 1. The minimum atomic E-state index is -0.0131. The molecule has 20 heavy (non-hydrogen) atoms. The summed E-state index contributed by atoms with van der Waals surface area (Å²) >= 11 is 0. The van der Waals surface area contributed by atoms with Crippen LogP contribution in [0.25, 0.3) is 0 Å². The van der Waals surface area contributed by atoms with Gasteiger partial charge < -0.3 is 9.53 Å². The Labute approximate surface area is 120 Å². The number of methoxy groups -OCH3 is 1. The van der Waals surface area contributed by atoms with E-state index in [0.29, 0.717) is 18.6 Å². The Hall–Kier alpha value is -1.64. The third-order valence-corrected chi connectivity index (χ3v) is 4.03. The van der Waals surface area contributed by atoms with Gasteiger partial charge in [0.25, 0.3) is 0 Å². The van der Waals surface area contributed by atoms with Gasteiger partial charge in [0.1, 0.15) is 17.3 Å². The second-order valence-electron chi connectivity index (χ2n) is 5.53. The second-order valence-corrected chi connectivity index (χ2v) is 5.53. The van der Waals surface area contributed by atoms with Gasteiger partial charge in [-0.2, -0.15) is 0 Å². The molecule has 0 amide bonds. The van der Waals surface area contributed by atoms with Gasteiger partial charge >= 0.3 is 0 Å². The predicted octanol–water partition coefficient (Wildman–Crippen LogP) is 3.44. The first kappa shape index (κ1) is 14.8. The molecule has 108 valence electrons. The van der Waals surface area contributed by atoms with E-state index in [-0.39, 0.29) is 11.7 Å². The molecular weight excluding hydrogens is 252 g/mol. The highest BCUT2D eigenvalue weighted by atomic mass is 16.5. The molecular formula is C17H22O3. The number of aryl methyl sites for hydroxylation is 1. The van der Waals surface area contributed by atoms with Crippen LogP contribution in [0.15, 0.2) is 18.2 Å². The molecule has 1 aliphatic rings. The number of fused-ring (bicyclic) bond motifs is 1. The van der Waals surface area contributed by atoms with Crippen molar-refractivity contribution >= 4 is 11.6 Å². The molecule has 0 aromatic heterocycles. The van der Waals surface area contributed by atoms with Gasteiger partial charge in [-0.1, -0.05) is 12.5 Å². The molecule has 1 atom stereocenters. The first-order valence-corrected chi connectivity index (χ1v) is 7.30. The third kappa shape index (κ3) is 3.47. The SMILES string of the molecule is COc1ccc2c(c1)C(CCCCC(C)=O)C(=O)CC2. The van der Waals surface area contributed by atoms with Crippen LogP contribution in [0.3, 0.4) is 0 Å². The van der Waals surface area contributed by atoms with E-state index in [0.717, 1.165) is 37.0 Å². The van der Waals surface area contributed by atoms with E-state index in [1.54, 1.807) is 14.0 Å². The molecule has 0 heterocycles. The van der Waals surface area contributed by atoms with Gasteiger partial charge in [0.05, 0.1) is 7.11 Å². The monoisotopic (exact) mass is 274 g/mol. The Morgan fingerprint density at radius 2 is 2.10 bits per heavy atom. The number of carbonyl (C=O) groups excluding carboxylic acids is 2. The fourth-order valence-electron chi connectivity index (χ4n) is 2.90. The smallest absolute Gasteiger partial charge is 0.140 e. The number of carbonyl (C=O) groups is 2. The fourth-order valence-corrected chi connectivity index (χ4v) is 2.90. The number of benzene rings is 1. The average Bonchev–Trinajstić information content (AvgIpc) is 2.44. The number of unbranched alkanes of at least 4 members (excludes halogenated alkanes) is 1. The van der Waals surface area contributed by atoms with Gasteiger partial charge in [-0.05, 0) is 49.4 Å². The molecule has 3 heteroatoms. The van der Waals surface area contributed by atoms with Crippen molar-refractivity contribution in [3.63, 3.8) is 0 Å². The molecule has 0 fully saturated rings. The third-order valence-electron chi connectivity index (χ3n) is 4.03. The normalized spacial score (nSPS) is 17.7. The van der Waals surface area contributed by atoms with Crippen molar-refractivity contribution in [3.05, 3.63) is 29.3 Å². The Bertz CT molecular complexity index is 505. The summed E-state index contributed by atoms with van der Waals surface area (Å²) < 4.78 is 5.26. The van der Waals surface area contributed by atoms with E-state index < -0.39 is 0 Å². The molecule has 1 aromatic carbocycles. The van der Waals surface area contributed by atoms with Gasteiger partial charge in [-0.25, -0.2) is 0 Å². The average molecular weight is 274 g/mol. The predicted molar refractivity (Wildman–Crippen MR) is 78.2 cm³/mol. The summed E-state index contributed by atoms with van der Waals surface area (Å²) in [5.74, 6) is 1.35. The maximum Gasteiger partial charge on any atom is 0.140 e. The summed E-state index contributed by atoms with van der Waals surface area (Å²) in [5, 5.41) is 0. The van der Waals surface area contributed by atoms with Gasteiger partial charge in [-0.15, -0.1) is 0 Å². The zero-order valence-electron chi connectivity index (χ0n) is 12.3. The summed E-state index contributed by atoms with van der Waals surface area (Å²) in [6, 6.07) is 6.03. The number of hydrogen-bond donors (Lipinski definition) is 0. The Kier molecular flexibility index (Phi) is 4.94. The lowest BCUT2D eigenvalue weighted by Gasteiger charge is -2.25. The topological polar surface area (TPSA) is 43.4 Å². The Balaban J connectivity index is 2.08. The molecule has 1 aliphatic carbocycles. The van der Waals surface area contributed by atoms with Crippen LogP contribution in [0.1, 0.15) is 56.1 Å². The molecule has 0 saturated heterocycles. The minimum absolute atomic E-state index is 0.0131. The van der Waals surface area contributed by atoms with E-state index in [1.165, 1.54) is 5.56 Å². The van der Waals surface area contributed by atoms with Crippen LogP contribution in [-0.2, 0) is 16.0 Å². The largest absolute Gasteiger partial charge is 0.497 e. The van der Waals surface area contributed by atoms with Crippen molar-refractivity contribution in [2.75, 3.05) is 7.11 Å². The van der Waals surface area contributed by atoms with Gasteiger partial charge in [0, 0.05) is 18.8 Å². The van der Waals surface area contributed by atoms with E-state index in [2.05, 4.69) is 6.07 Å². The van der Waals surface area contributed by atoms with E-state index >= 15 is 0 Å². The van der Waals surface area contributed by atoms with Crippen molar-refractivity contribution in [3.8, 4) is 5.75 Å². The molecule has 0 saturated carbocycles. The standard InChI is InChI=1S/C17H22O3/c1-12(18)5-3-4-6-15-16-11-14(20-2)9-7-13(16)8-10-17(15)19/h7,9,11,15H,3-6,8,10H2,1-2H3. The lowest BCUT2D eigenvalue weighted by atomic mass is 9.79. The molecule has 2 rings (SSSR count). The lowest BCUT2D eigenvalue weighted by Crippen LogP contribution is -2.20. The van der Waals surface area contributed by atoms with Crippen LogP contribution >= 0.6 is 0 Å². The Morgan fingerprint density at radius 1 is 1.30 bits per heavy atom. The number of Topliss-reactive ketones (excluding diaryl/α,β-unsaturated/α-hetero) is 2. The summed E-state index contributed by atoms with van der Waals surface area (Å²) in [5.41, 5.74) is 2.39. The van der Waals surface area contributed by atoms with Crippen LogP contribution in [0.2, 0.25) is 0 Å². The van der Waals surface area contributed by atoms with Crippen molar-refractivity contribution in [1.82, 2.24) is 0 Å². The molecule has 0 N–H and O–H groups in total. The molecule has 0 aliphatic heterocycles. The second kappa shape index (κ2) is 6.69. The van der Waals surface area contributed by atoms with Gasteiger partial charge in [0.2, 0.25) is 0 Å². The molecule has 1 aromatic rings. The highest BCUT2D eigenvalue weighted by Crippen LogP contribution is 2.35. The molecule has 3 nitrogen and oxygen atoms in total. The van der Waals surface area contributed by atoms with Crippen molar-refractivity contribution < 1.29 is 14.3 Å². The quantitative estimate of drug-likeness (QED) is 0.746. The van der Waals surface area contributed by atoms with Crippen LogP contribution in [0.4, 0.5) is 0 Å². The van der Waals surface area contributed by atoms with Gasteiger partial charge in [-0.3, -0.25) is 4.79 Å². The first-order chi connectivity index (χ1) is 9.61. The summed E-state index contributed by atoms with van der Waals surface area (Å²) in [6.07, 6.45) is 4.72. The lowest BCUT2D eigenvalue weighted by molar-refractivity contribution is -0.121. The van der Waals surface area contributed by atoms with Crippen LogP contribution in [0, 0.1) is 0 Å². The fraction of sp³-hybridized carbons (Fsp3) is 0.529. The van der Waals surface area contributed by atoms with Crippen LogP contribution in [0.5, 0.6) is 5.75 Å². The number of hydrogen-bond acceptors (Lipinski definition) is 3. The number of rotatable bonds is 6. The van der Waals surface area contributed by atoms with Crippen LogP contribution in [-0.4, -0.2) is 18.7 Å². The summed E-state index contributed by atoms with van der Waals surface area (Å²) in [4.78, 5) is 23.1. The van der Waals surface area contributed by atoms with E-state index in [4.69, 9.17) is 4.74 Å². The molecule has 0 bridgehead atoms. The van der Waals surface area contributed by atoms with E-state index in [9.17, 15) is 9.59 Å². The first-order valence-electron chi connectivity index (χ1n) is 7.30. The van der Waals surface area contributed by atoms with Gasteiger partial charge in [0.15, 0.2) is 0 Å². The van der Waals surface area contributed by atoms with Crippen LogP contribution < -0.4 is 4.74 Å². The highest BCUT2D eigenvalue weighted by molar-refractivity contribution is 5.88. The van der Waals surface area contributed by atoms with Crippen molar-refractivity contribution in [2.45, 2.75) is 51.4 Å². The molecule has 1 unspecified atom stereocenters. The highest BCUT2D eigenvalue weighted by Gasteiger charge is 2.27. The van der Waals surface area contributed by atoms with E-state index in [1.807, 2.05) is 12.1 Å². The minimum Gasteiger partial charge on any atom is -0.497 e. The molecule has 0 radical (unpaired) electrons. The zero-order valence-corrected chi connectivity index (χ0v) is 12.3. The summed E-state index contributed by atoms with van der Waals surface area (Å²) in [7, 11) is 1.65. The number of ketones is 2. The van der Waals surface area contributed by atoms with Crippen molar-refractivity contribution in [2.24, 2.45) is 0 Å².